The molecule has 0 saturated carbocycles. The normalized spacial score (nSPS) is 17.4. The molecular weight excluding hydrogens is 461 g/mol. The van der Waals surface area contributed by atoms with Crippen LogP contribution in [0.2, 0.25) is 0 Å². The fourth-order valence-corrected chi connectivity index (χ4v) is 2.70. The molecule has 1 heterocycles. The van der Waals surface area contributed by atoms with Crippen LogP contribution in [-0.4, -0.2) is 42.5 Å². The van der Waals surface area contributed by atoms with Crippen LogP contribution in [0.15, 0.2) is 12.1 Å². The first kappa shape index (κ1) is 21.7. The first-order chi connectivity index (χ1) is 11.0. The predicted octanol–water partition coefficient (Wildman–Crippen LogP) is 3.15. The number of allylic oxidation sites excluding steroid dienone is 1. The Morgan fingerprint density at radius 3 is 2.50 bits per heavy atom. The SMILES string of the molecule is CCN1C(=O)C(Br)C[C-]=C1c1c(F)cc(OCCOC)cc1F.[Y]. The Morgan fingerprint density at radius 1 is 1.33 bits per heavy atom. The fraction of sp³-hybridized carbons (Fsp3) is 0.438. The first-order valence-corrected chi connectivity index (χ1v) is 8.08. The van der Waals surface area contributed by atoms with Crippen molar-refractivity contribution < 1.29 is 55.8 Å². The Bertz CT molecular complexity index is 604. The number of methoxy groups -OCH3 is 1. The first-order valence-electron chi connectivity index (χ1n) is 7.17. The van der Waals surface area contributed by atoms with Crippen LogP contribution in [0.5, 0.6) is 5.75 Å². The summed E-state index contributed by atoms with van der Waals surface area (Å²) in [7, 11) is 1.51. The standard InChI is InChI=1S/C16H17BrF2NO3.Y/c1-3-20-14(5-4-11(17)16(20)21)15-12(18)8-10(9-13(15)19)23-7-6-22-2;/h8-9,11H,3-4,6-7H2,1-2H3;/q-1;. The Labute approximate surface area is 173 Å². The van der Waals surface area contributed by atoms with E-state index in [-0.39, 0.29) is 68.7 Å². The number of nitrogens with zero attached hydrogens (tertiary/aromatic N) is 1. The Morgan fingerprint density at radius 2 is 1.96 bits per heavy atom. The van der Waals surface area contributed by atoms with E-state index in [4.69, 9.17) is 9.47 Å². The van der Waals surface area contributed by atoms with Gasteiger partial charge in [-0.05, 0) is 19.1 Å². The monoisotopic (exact) mass is 477 g/mol. The number of amides is 1. The van der Waals surface area contributed by atoms with Crippen molar-refractivity contribution in [1.82, 2.24) is 4.90 Å². The van der Waals surface area contributed by atoms with E-state index in [0.717, 1.165) is 12.1 Å². The minimum atomic E-state index is -0.792. The summed E-state index contributed by atoms with van der Waals surface area (Å²) in [6.45, 7) is 2.54. The maximum absolute atomic E-state index is 14.4. The van der Waals surface area contributed by atoms with Crippen molar-refractivity contribution in [1.29, 1.82) is 0 Å². The maximum atomic E-state index is 14.4. The summed E-state index contributed by atoms with van der Waals surface area (Å²) in [6, 6.07) is 2.20. The number of hydrogen-bond donors (Lipinski definition) is 0. The predicted molar refractivity (Wildman–Crippen MR) is 85.1 cm³/mol. The summed E-state index contributed by atoms with van der Waals surface area (Å²) in [6.07, 6.45) is 3.16. The zero-order chi connectivity index (χ0) is 17.0. The van der Waals surface area contributed by atoms with E-state index in [1.165, 1.54) is 12.0 Å². The molecule has 2 rings (SSSR count). The van der Waals surface area contributed by atoms with Crippen LogP contribution in [-0.2, 0) is 42.2 Å². The zero-order valence-corrected chi connectivity index (χ0v) is 17.9. The van der Waals surface area contributed by atoms with Gasteiger partial charge in [-0.25, -0.2) is 14.9 Å². The van der Waals surface area contributed by atoms with Crippen molar-refractivity contribution in [3.8, 4) is 5.75 Å². The van der Waals surface area contributed by atoms with Crippen LogP contribution >= 0.6 is 15.9 Å². The molecule has 1 aromatic carbocycles. The molecule has 4 nitrogen and oxygen atoms in total. The Kier molecular flexibility index (Phi) is 8.98. The van der Waals surface area contributed by atoms with Crippen LogP contribution in [0, 0.1) is 17.7 Å². The van der Waals surface area contributed by atoms with Gasteiger partial charge in [-0.3, -0.25) is 4.79 Å². The minimum absolute atomic E-state index is 0. The number of carbonyl (C=O) groups is 1. The molecule has 0 aliphatic carbocycles. The molecule has 0 aromatic heterocycles. The van der Waals surface area contributed by atoms with Gasteiger partial charge in [0.2, 0.25) is 5.91 Å². The van der Waals surface area contributed by atoms with Crippen molar-refractivity contribution in [2.75, 3.05) is 26.9 Å². The second-order valence-corrected chi connectivity index (χ2v) is 5.99. The van der Waals surface area contributed by atoms with Crippen LogP contribution in [0.4, 0.5) is 8.78 Å². The molecular formula is C16H17BrF2NO3Y-. The minimum Gasteiger partial charge on any atom is -0.491 e. The van der Waals surface area contributed by atoms with Crippen molar-refractivity contribution in [3.63, 3.8) is 0 Å². The molecule has 1 unspecified atom stereocenters. The second-order valence-electron chi connectivity index (χ2n) is 4.88. The molecule has 1 radical (unpaired) electrons. The summed E-state index contributed by atoms with van der Waals surface area (Å²) in [5.41, 5.74) is -0.134. The second kappa shape index (κ2) is 9.95. The molecule has 129 valence electrons. The summed E-state index contributed by atoms with van der Waals surface area (Å²) in [5.74, 6) is -1.75. The molecule has 1 amide bonds. The van der Waals surface area contributed by atoms with E-state index >= 15 is 0 Å². The smallest absolute Gasteiger partial charge is 0.236 e. The van der Waals surface area contributed by atoms with E-state index in [0.29, 0.717) is 13.2 Å². The maximum Gasteiger partial charge on any atom is 0.236 e. The number of hydrogen-bond acceptors (Lipinski definition) is 3. The van der Waals surface area contributed by atoms with Crippen molar-refractivity contribution in [2.45, 2.75) is 18.2 Å². The van der Waals surface area contributed by atoms with Crippen LogP contribution in [0.25, 0.3) is 5.70 Å². The summed E-state index contributed by atoms with van der Waals surface area (Å²) in [4.78, 5) is 13.0. The van der Waals surface area contributed by atoms with Crippen LogP contribution in [0.3, 0.4) is 0 Å². The van der Waals surface area contributed by atoms with Gasteiger partial charge in [0.25, 0.3) is 0 Å². The number of ether oxygens (including phenoxy) is 2. The van der Waals surface area contributed by atoms with Gasteiger partial charge in [0, 0.05) is 46.4 Å². The molecule has 1 atom stereocenters. The molecule has 1 aromatic rings. The third-order valence-corrected chi connectivity index (χ3v) is 4.09. The van der Waals surface area contributed by atoms with E-state index in [1.54, 1.807) is 6.92 Å². The van der Waals surface area contributed by atoms with Crippen LogP contribution < -0.4 is 4.74 Å². The third kappa shape index (κ3) is 4.84. The number of alkyl halides is 1. The van der Waals surface area contributed by atoms with Gasteiger partial charge < -0.3 is 14.4 Å². The largest absolute Gasteiger partial charge is 0.491 e. The summed E-state index contributed by atoms with van der Waals surface area (Å²) < 4.78 is 38.8. The molecule has 0 bridgehead atoms. The van der Waals surface area contributed by atoms with Gasteiger partial charge in [0.1, 0.15) is 12.4 Å². The van der Waals surface area contributed by atoms with E-state index < -0.39 is 16.5 Å². The summed E-state index contributed by atoms with van der Waals surface area (Å²) >= 11 is 3.23. The molecule has 0 N–H and O–H groups in total. The number of rotatable bonds is 6. The summed E-state index contributed by atoms with van der Waals surface area (Å²) in [5, 5.41) is 0. The Hall–Kier alpha value is -0.366. The molecule has 8 heteroatoms. The molecule has 1 aliphatic rings. The van der Waals surface area contributed by atoms with Gasteiger partial charge in [0.15, 0.2) is 0 Å². The average molecular weight is 478 g/mol. The number of halogens is 3. The van der Waals surface area contributed by atoms with E-state index in [1.807, 2.05) is 0 Å². The Balaban J connectivity index is 0.00000288. The number of carbonyl (C=O) groups excluding carboxylic acids is 1. The average Bonchev–Trinajstić information content (AvgIpc) is 2.50. The van der Waals surface area contributed by atoms with Gasteiger partial charge >= 0.3 is 0 Å². The molecule has 0 saturated heterocycles. The van der Waals surface area contributed by atoms with Crippen molar-refractivity contribution >= 4 is 27.5 Å². The van der Waals surface area contributed by atoms with Gasteiger partial charge in [-0.1, -0.05) is 27.9 Å². The van der Waals surface area contributed by atoms with Gasteiger partial charge in [0.05, 0.1) is 23.1 Å². The van der Waals surface area contributed by atoms with Crippen molar-refractivity contribution in [2.24, 2.45) is 0 Å². The van der Waals surface area contributed by atoms with E-state index in [2.05, 4.69) is 22.0 Å². The van der Waals surface area contributed by atoms with E-state index in [9.17, 15) is 13.6 Å². The third-order valence-electron chi connectivity index (χ3n) is 3.38. The zero-order valence-electron chi connectivity index (χ0n) is 13.4. The van der Waals surface area contributed by atoms with Crippen LogP contribution in [0.1, 0.15) is 18.9 Å². The quantitative estimate of drug-likeness (QED) is 0.359. The molecule has 24 heavy (non-hydrogen) atoms. The van der Waals surface area contributed by atoms with Crippen molar-refractivity contribution in [3.05, 3.63) is 35.4 Å². The van der Waals surface area contributed by atoms with Gasteiger partial charge in [-0.2, -0.15) is 0 Å². The molecule has 0 spiro atoms. The fourth-order valence-electron chi connectivity index (χ4n) is 2.29. The van der Waals surface area contributed by atoms with Gasteiger partial charge in [-0.15, -0.1) is 5.70 Å². The topological polar surface area (TPSA) is 38.8 Å². The molecule has 1 aliphatic heterocycles. The molecule has 0 fully saturated rings. The number of benzene rings is 1.